The van der Waals surface area contributed by atoms with Gasteiger partial charge in [0, 0.05) is 30.1 Å². The van der Waals surface area contributed by atoms with Gasteiger partial charge in [0.15, 0.2) is 30.4 Å². The minimum Gasteiger partial charge on any atom is -0.469 e. The molecule has 7 heteroatoms. The zero-order chi connectivity index (χ0) is 14.7. The number of nitrogens with zero attached hydrogens (tertiary/aromatic N) is 5. The molecule has 106 valence electrons. The SMILES string of the molecule is COC(=O)CC[n+]1ccc(-c2nc3cnccn3n2)cc1. The first kappa shape index (κ1) is 13.2. The number of hydrogen-bond donors (Lipinski definition) is 0. The third kappa shape index (κ3) is 2.86. The first-order valence-corrected chi connectivity index (χ1v) is 6.49. The molecule has 0 fully saturated rings. The number of methoxy groups -OCH3 is 1. The van der Waals surface area contributed by atoms with E-state index in [4.69, 9.17) is 0 Å². The third-order valence-corrected chi connectivity index (χ3v) is 3.09. The van der Waals surface area contributed by atoms with Crippen LogP contribution in [0.5, 0.6) is 0 Å². The molecule has 3 heterocycles. The molecule has 21 heavy (non-hydrogen) atoms. The fourth-order valence-corrected chi connectivity index (χ4v) is 1.94. The van der Waals surface area contributed by atoms with Crippen molar-refractivity contribution in [3.63, 3.8) is 0 Å². The van der Waals surface area contributed by atoms with Crippen LogP contribution < -0.4 is 4.57 Å². The first-order valence-electron chi connectivity index (χ1n) is 6.49. The molecule has 0 aromatic carbocycles. The van der Waals surface area contributed by atoms with Crippen molar-refractivity contribution in [2.24, 2.45) is 0 Å². The molecule has 0 atom stereocenters. The minimum atomic E-state index is -0.221. The van der Waals surface area contributed by atoms with Crippen molar-refractivity contribution in [3.8, 4) is 11.4 Å². The van der Waals surface area contributed by atoms with Crippen LogP contribution in [0.3, 0.4) is 0 Å². The van der Waals surface area contributed by atoms with Gasteiger partial charge in [0.05, 0.1) is 13.3 Å². The maximum atomic E-state index is 11.1. The van der Waals surface area contributed by atoms with Crippen molar-refractivity contribution in [1.29, 1.82) is 0 Å². The van der Waals surface area contributed by atoms with E-state index in [1.165, 1.54) is 7.11 Å². The normalized spacial score (nSPS) is 10.7. The highest BCUT2D eigenvalue weighted by Crippen LogP contribution is 2.13. The van der Waals surface area contributed by atoms with Gasteiger partial charge in [0.25, 0.3) is 0 Å². The van der Waals surface area contributed by atoms with Gasteiger partial charge in [0.2, 0.25) is 0 Å². The summed E-state index contributed by atoms with van der Waals surface area (Å²) in [6.45, 7) is 0.579. The average molecular weight is 284 g/mol. The van der Waals surface area contributed by atoms with Gasteiger partial charge in [-0.2, -0.15) is 0 Å². The Hall–Kier alpha value is -2.83. The molecular formula is C14H14N5O2+. The molecule has 0 spiro atoms. The van der Waals surface area contributed by atoms with Crippen LogP contribution in [0.4, 0.5) is 0 Å². The number of esters is 1. The fourth-order valence-electron chi connectivity index (χ4n) is 1.94. The molecule has 7 nitrogen and oxygen atoms in total. The van der Waals surface area contributed by atoms with Gasteiger partial charge in [-0.25, -0.2) is 14.1 Å². The van der Waals surface area contributed by atoms with Crippen LogP contribution in [-0.4, -0.2) is 32.7 Å². The number of pyridine rings is 1. The number of fused-ring (bicyclic) bond motifs is 1. The Morgan fingerprint density at radius 3 is 2.90 bits per heavy atom. The Morgan fingerprint density at radius 1 is 1.38 bits per heavy atom. The predicted octanol–water partition coefficient (Wildman–Crippen LogP) is 0.642. The first-order chi connectivity index (χ1) is 10.3. The lowest BCUT2D eigenvalue weighted by Gasteiger charge is -1.97. The highest BCUT2D eigenvalue weighted by Gasteiger charge is 2.10. The number of rotatable bonds is 4. The van der Waals surface area contributed by atoms with Gasteiger partial charge in [-0.15, -0.1) is 5.10 Å². The summed E-state index contributed by atoms with van der Waals surface area (Å²) in [5, 5.41) is 4.38. The molecule has 0 saturated carbocycles. The molecule has 0 unspecified atom stereocenters. The Kier molecular flexibility index (Phi) is 3.55. The van der Waals surface area contributed by atoms with Crippen LogP contribution in [0.25, 0.3) is 17.0 Å². The van der Waals surface area contributed by atoms with E-state index in [0.717, 1.165) is 5.56 Å². The smallest absolute Gasteiger partial charge is 0.311 e. The number of aromatic nitrogens is 5. The highest BCUT2D eigenvalue weighted by atomic mass is 16.5. The molecule has 0 aliphatic carbocycles. The van der Waals surface area contributed by atoms with Gasteiger partial charge in [-0.1, -0.05) is 0 Å². The minimum absolute atomic E-state index is 0.221. The van der Waals surface area contributed by atoms with E-state index in [1.807, 2.05) is 29.1 Å². The van der Waals surface area contributed by atoms with Crippen LogP contribution >= 0.6 is 0 Å². The monoisotopic (exact) mass is 284 g/mol. The second-order valence-electron chi connectivity index (χ2n) is 4.47. The number of ether oxygens (including phenoxy) is 1. The lowest BCUT2D eigenvalue weighted by atomic mass is 10.2. The van der Waals surface area contributed by atoms with Gasteiger partial charge in [-0.05, 0) is 0 Å². The fraction of sp³-hybridized carbons (Fsp3) is 0.214. The number of carbonyl (C=O) groups is 1. The average Bonchev–Trinajstić information content (AvgIpc) is 2.97. The summed E-state index contributed by atoms with van der Waals surface area (Å²) < 4.78 is 8.21. The standard InChI is InChI=1S/C14H14N5O2/c1-21-13(20)4-8-18-6-2-11(3-7-18)14-16-12-10-15-5-9-19(12)17-14/h2-3,5-7,9-10H,4,8H2,1H3/q+1. The van der Waals surface area contributed by atoms with Gasteiger partial charge in [-0.3, -0.25) is 9.78 Å². The van der Waals surface area contributed by atoms with E-state index in [2.05, 4.69) is 19.8 Å². The Labute approximate surface area is 120 Å². The van der Waals surface area contributed by atoms with Gasteiger partial charge < -0.3 is 4.74 Å². The van der Waals surface area contributed by atoms with Crippen LogP contribution in [0, 0.1) is 0 Å². The lowest BCUT2D eigenvalue weighted by Crippen LogP contribution is -2.33. The molecule has 0 radical (unpaired) electrons. The van der Waals surface area contributed by atoms with Crippen molar-refractivity contribution in [3.05, 3.63) is 43.1 Å². The Balaban J connectivity index is 1.78. The summed E-state index contributed by atoms with van der Waals surface area (Å²) in [5.41, 5.74) is 1.61. The predicted molar refractivity (Wildman–Crippen MR) is 73.0 cm³/mol. The van der Waals surface area contributed by atoms with Gasteiger partial charge >= 0.3 is 5.97 Å². The van der Waals surface area contributed by atoms with E-state index in [0.29, 0.717) is 24.4 Å². The second-order valence-corrected chi connectivity index (χ2v) is 4.47. The summed E-state index contributed by atoms with van der Waals surface area (Å²) >= 11 is 0. The summed E-state index contributed by atoms with van der Waals surface area (Å²) in [6.07, 6.45) is 9.21. The van der Waals surface area contributed by atoms with E-state index < -0.39 is 0 Å². The van der Waals surface area contributed by atoms with Crippen LogP contribution in [0.2, 0.25) is 0 Å². The molecule has 0 amide bonds. The molecule has 0 aliphatic rings. The highest BCUT2D eigenvalue weighted by molar-refractivity contribution is 5.68. The van der Waals surface area contributed by atoms with Crippen molar-refractivity contribution >= 4 is 11.6 Å². The zero-order valence-electron chi connectivity index (χ0n) is 11.5. The van der Waals surface area contributed by atoms with E-state index in [1.54, 1.807) is 23.1 Å². The maximum absolute atomic E-state index is 11.1. The van der Waals surface area contributed by atoms with E-state index in [9.17, 15) is 4.79 Å². The zero-order valence-corrected chi connectivity index (χ0v) is 11.5. The van der Waals surface area contributed by atoms with E-state index >= 15 is 0 Å². The summed E-state index contributed by atoms with van der Waals surface area (Å²) in [4.78, 5) is 19.5. The van der Waals surface area contributed by atoms with Crippen molar-refractivity contribution < 1.29 is 14.1 Å². The third-order valence-electron chi connectivity index (χ3n) is 3.09. The molecule has 3 aromatic heterocycles. The van der Waals surface area contributed by atoms with Crippen molar-refractivity contribution in [2.45, 2.75) is 13.0 Å². The molecule has 0 aliphatic heterocycles. The number of hydrogen-bond acceptors (Lipinski definition) is 5. The molecule has 0 saturated heterocycles. The van der Waals surface area contributed by atoms with Crippen molar-refractivity contribution in [2.75, 3.05) is 7.11 Å². The summed E-state index contributed by atoms with van der Waals surface area (Å²) in [6, 6.07) is 3.83. The molecular weight excluding hydrogens is 270 g/mol. The van der Waals surface area contributed by atoms with Crippen LogP contribution in [0.1, 0.15) is 6.42 Å². The summed E-state index contributed by atoms with van der Waals surface area (Å²) in [5.74, 6) is 0.421. The lowest BCUT2D eigenvalue weighted by molar-refractivity contribution is -0.695. The largest absolute Gasteiger partial charge is 0.469 e. The molecule has 3 aromatic rings. The molecule has 3 rings (SSSR count). The topological polar surface area (TPSA) is 73.3 Å². The van der Waals surface area contributed by atoms with Gasteiger partial charge in [0.1, 0.15) is 6.42 Å². The summed E-state index contributed by atoms with van der Waals surface area (Å²) in [7, 11) is 1.39. The number of aryl methyl sites for hydroxylation is 1. The van der Waals surface area contributed by atoms with Crippen LogP contribution in [0.15, 0.2) is 43.1 Å². The Morgan fingerprint density at radius 2 is 2.19 bits per heavy atom. The van der Waals surface area contributed by atoms with Crippen LogP contribution in [-0.2, 0) is 16.1 Å². The second kappa shape index (κ2) is 5.66. The Bertz CT molecular complexity index is 733. The van der Waals surface area contributed by atoms with E-state index in [-0.39, 0.29) is 5.97 Å². The molecule has 0 bridgehead atoms. The maximum Gasteiger partial charge on any atom is 0.311 e. The van der Waals surface area contributed by atoms with Crippen molar-refractivity contribution in [1.82, 2.24) is 19.6 Å². The quantitative estimate of drug-likeness (QED) is 0.519. The molecule has 0 N–H and O–H groups in total. The number of carbonyl (C=O) groups excluding carboxylic acids is 1.